The number of hydrogen-bond donors (Lipinski definition) is 2. The largest absolute Gasteiger partial charge is 0.355 e. The molecule has 3 nitrogen and oxygen atoms in total. The van der Waals surface area contributed by atoms with Crippen LogP contribution in [0.15, 0.2) is 0 Å². The van der Waals surface area contributed by atoms with Gasteiger partial charge in [-0.05, 0) is 31.1 Å². The van der Waals surface area contributed by atoms with Crippen LogP contribution in [0, 0.1) is 10.8 Å². The molecule has 0 heterocycles. The zero-order chi connectivity index (χ0) is 11.6. The second kappa shape index (κ2) is 4.36. The van der Waals surface area contributed by atoms with E-state index >= 15 is 0 Å². The molecule has 16 heavy (non-hydrogen) atoms. The van der Waals surface area contributed by atoms with Gasteiger partial charge in [-0.2, -0.15) is 0 Å². The molecular weight excluding hydrogens is 200 g/mol. The standard InChI is InChI=1S/C13H24N2O/c1-12(7-8-12)10-15-11(16)13(9-14)5-3-2-4-6-13/h2-10,14H2,1H3,(H,15,16). The van der Waals surface area contributed by atoms with E-state index in [2.05, 4.69) is 12.2 Å². The average Bonchev–Trinajstić information content (AvgIpc) is 3.06. The van der Waals surface area contributed by atoms with E-state index < -0.39 is 0 Å². The molecule has 2 aliphatic carbocycles. The minimum Gasteiger partial charge on any atom is -0.355 e. The Balaban J connectivity index is 1.89. The fourth-order valence-electron chi connectivity index (χ4n) is 2.62. The van der Waals surface area contributed by atoms with E-state index in [1.807, 2.05) is 0 Å². The lowest BCUT2D eigenvalue weighted by Crippen LogP contribution is -2.48. The lowest BCUT2D eigenvalue weighted by molar-refractivity contribution is -0.132. The van der Waals surface area contributed by atoms with Crippen LogP contribution in [0.2, 0.25) is 0 Å². The molecule has 2 fully saturated rings. The smallest absolute Gasteiger partial charge is 0.227 e. The first-order chi connectivity index (χ1) is 7.60. The van der Waals surface area contributed by atoms with Crippen LogP contribution in [0.25, 0.3) is 0 Å². The van der Waals surface area contributed by atoms with E-state index in [0.29, 0.717) is 12.0 Å². The molecule has 0 aromatic heterocycles. The van der Waals surface area contributed by atoms with E-state index in [0.717, 1.165) is 32.2 Å². The van der Waals surface area contributed by atoms with E-state index in [4.69, 9.17) is 5.73 Å². The fraction of sp³-hybridized carbons (Fsp3) is 0.923. The molecule has 2 saturated carbocycles. The van der Waals surface area contributed by atoms with Crippen LogP contribution in [0.1, 0.15) is 51.9 Å². The van der Waals surface area contributed by atoms with Crippen molar-refractivity contribution in [1.82, 2.24) is 5.32 Å². The second-order valence-corrected chi connectivity index (χ2v) is 6.04. The molecular formula is C13H24N2O. The van der Waals surface area contributed by atoms with Crippen LogP contribution in [-0.4, -0.2) is 19.0 Å². The van der Waals surface area contributed by atoms with Gasteiger partial charge in [0.1, 0.15) is 0 Å². The molecule has 92 valence electrons. The Morgan fingerprint density at radius 2 is 1.81 bits per heavy atom. The monoisotopic (exact) mass is 224 g/mol. The van der Waals surface area contributed by atoms with E-state index in [1.165, 1.54) is 19.3 Å². The summed E-state index contributed by atoms with van der Waals surface area (Å²) < 4.78 is 0. The second-order valence-electron chi connectivity index (χ2n) is 6.04. The van der Waals surface area contributed by atoms with Crippen LogP contribution in [-0.2, 0) is 4.79 Å². The van der Waals surface area contributed by atoms with Crippen LogP contribution >= 0.6 is 0 Å². The lowest BCUT2D eigenvalue weighted by atomic mass is 9.73. The van der Waals surface area contributed by atoms with Crippen LogP contribution in [0.4, 0.5) is 0 Å². The van der Waals surface area contributed by atoms with E-state index in [1.54, 1.807) is 0 Å². The molecule has 0 aromatic rings. The minimum atomic E-state index is -0.247. The van der Waals surface area contributed by atoms with Crippen molar-refractivity contribution >= 4 is 5.91 Å². The minimum absolute atomic E-state index is 0.211. The summed E-state index contributed by atoms with van der Waals surface area (Å²) in [6, 6.07) is 0. The van der Waals surface area contributed by atoms with Gasteiger partial charge in [-0.15, -0.1) is 0 Å². The van der Waals surface area contributed by atoms with Gasteiger partial charge >= 0.3 is 0 Å². The van der Waals surface area contributed by atoms with Crippen molar-refractivity contribution in [3.05, 3.63) is 0 Å². The quantitative estimate of drug-likeness (QED) is 0.765. The maximum Gasteiger partial charge on any atom is 0.227 e. The van der Waals surface area contributed by atoms with Gasteiger partial charge in [-0.25, -0.2) is 0 Å². The normalized spacial score (nSPS) is 26.1. The highest BCUT2D eigenvalue weighted by molar-refractivity contribution is 5.83. The predicted octanol–water partition coefficient (Wildman–Crippen LogP) is 1.81. The highest BCUT2D eigenvalue weighted by Gasteiger charge is 2.41. The summed E-state index contributed by atoms with van der Waals surface area (Å²) in [5, 5.41) is 3.13. The van der Waals surface area contributed by atoms with Gasteiger partial charge in [0.2, 0.25) is 5.91 Å². The number of rotatable bonds is 4. The molecule has 0 aliphatic heterocycles. The first-order valence-electron chi connectivity index (χ1n) is 6.59. The Kier molecular flexibility index (Phi) is 3.24. The van der Waals surface area contributed by atoms with Crippen molar-refractivity contribution in [1.29, 1.82) is 0 Å². The lowest BCUT2D eigenvalue weighted by Gasteiger charge is -2.35. The molecule has 0 radical (unpaired) electrons. The summed E-state index contributed by atoms with van der Waals surface area (Å²) in [4.78, 5) is 12.2. The van der Waals surface area contributed by atoms with Crippen molar-refractivity contribution in [3.8, 4) is 0 Å². The SMILES string of the molecule is CC1(CNC(=O)C2(CN)CCCCC2)CC1. The first-order valence-corrected chi connectivity index (χ1v) is 6.59. The maximum atomic E-state index is 12.2. The van der Waals surface area contributed by atoms with Gasteiger partial charge < -0.3 is 11.1 Å². The predicted molar refractivity (Wildman–Crippen MR) is 64.9 cm³/mol. The number of hydrogen-bond acceptors (Lipinski definition) is 2. The maximum absolute atomic E-state index is 12.2. The highest BCUT2D eigenvalue weighted by atomic mass is 16.2. The molecule has 2 rings (SSSR count). The Labute approximate surface area is 98.2 Å². The molecule has 0 spiro atoms. The number of carbonyl (C=O) groups excluding carboxylic acids is 1. The van der Waals surface area contributed by atoms with Gasteiger partial charge in [0.05, 0.1) is 5.41 Å². The van der Waals surface area contributed by atoms with E-state index in [-0.39, 0.29) is 11.3 Å². The van der Waals surface area contributed by atoms with Crippen molar-refractivity contribution in [2.75, 3.05) is 13.1 Å². The zero-order valence-corrected chi connectivity index (χ0v) is 10.3. The molecule has 0 atom stereocenters. The molecule has 1 amide bonds. The summed E-state index contributed by atoms with van der Waals surface area (Å²) in [7, 11) is 0. The van der Waals surface area contributed by atoms with Crippen LogP contribution < -0.4 is 11.1 Å². The number of nitrogens with two attached hydrogens (primary N) is 1. The molecule has 0 bridgehead atoms. The number of amides is 1. The van der Waals surface area contributed by atoms with Gasteiger partial charge in [0.25, 0.3) is 0 Å². The third-order valence-corrected chi connectivity index (χ3v) is 4.46. The Morgan fingerprint density at radius 3 is 2.31 bits per heavy atom. The highest BCUT2D eigenvalue weighted by Crippen LogP contribution is 2.44. The Morgan fingerprint density at radius 1 is 1.19 bits per heavy atom. The number of carbonyl (C=O) groups is 1. The first kappa shape index (κ1) is 11.9. The van der Waals surface area contributed by atoms with Crippen LogP contribution in [0.5, 0.6) is 0 Å². The average molecular weight is 224 g/mol. The zero-order valence-electron chi connectivity index (χ0n) is 10.3. The fourth-order valence-corrected chi connectivity index (χ4v) is 2.62. The van der Waals surface area contributed by atoms with Crippen molar-refractivity contribution in [2.45, 2.75) is 51.9 Å². The van der Waals surface area contributed by atoms with Gasteiger partial charge in [0.15, 0.2) is 0 Å². The Bertz CT molecular complexity index is 265. The molecule has 3 heteroatoms. The molecule has 0 saturated heterocycles. The molecule has 2 aliphatic rings. The van der Waals surface area contributed by atoms with Gasteiger partial charge in [-0.1, -0.05) is 26.2 Å². The summed E-state index contributed by atoms with van der Waals surface area (Å²) in [6.45, 7) is 3.59. The van der Waals surface area contributed by atoms with Crippen LogP contribution in [0.3, 0.4) is 0 Å². The molecule has 0 unspecified atom stereocenters. The van der Waals surface area contributed by atoms with Gasteiger partial charge in [-0.3, -0.25) is 4.79 Å². The summed E-state index contributed by atoms with van der Waals surface area (Å²) in [5.74, 6) is 0.211. The number of nitrogens with one attached hydrogen (secondary N) is 1. The van der Waals surface area contributed by atoms with E-state index in [9.17, 15) is 4.79 Å². The third kappa shape index (κ3) is 2.40. The van der Waals surface area contributed by atoms with Gasteiger partial charge in [0, 0.05) is 13.1 Å². The molecule has 0 aromatic carbocycles. The third-order valence-electron chi connectivity index (χ3n) is 4.46. The molecule has 3 N–H and O–H groups in total. The summed E-state index contributed by atoms with van der Waals surface area (Å²) in [5.41, 5.74) is 5.98. The summed E-state index contributed by atoms with van der Waals surface area (Å²) in [6.07, 6.45) is 8.03. The Hall–Kier alpha value is -0.570. The topological polar surface area (TPSA) is 55.1 Å². The van der Waals surface area contributed by atoms with Crippen molar-refractivity contribution in [3.63, 3.8) is 0 Å². The van der Waals surface area contributed by atoms with Crippen molar-refractivity contribution < 1.29 is 4.79 Å². The summed E-state index contributed by atoms with van der Waals surface area (Å²) >= 11 is 0. The van der Waals surface area contributed by atoms with Crippen molar-refractivity contribution in [2.24, 2.45) is 16.6 Å².